The zero-order valence-electron chi connectivity index (χ0n) is 6.14. The van der Waals surface area contributed by atoms with Gasteiger partial charge in [0.15, 0.2) is 0 Å². The number of hydrogen-bond donors (Lipinski definition) is 5. The first-order valence-electron chi connectivity index (χ1n) is 2.89. The van der Waals surface area contributed by atoms with E-state index in [4.69, 9.17) is 25.5 Å². The Bertz CT molecular complexity index is 82.0. The van der Waals surface area contributed by atoms with Crippen molar-refractivity contribution in [3.05, 3.63) is 0 Å². The number of aliphatic hydroxyl groups is 5. The van der Waals surface area contributed by atoms with E-state index in [1.807, 2.05) is 0 Å². The van der Waals surface area contributed by atoms with Crippen molar-refractivity contribution in [2.75, 3.05) is 13.2 Å². The van der Waals surface area contributed by atoms with E-state index in [0.29, 0.717) is 0 Å². The van der Waals surface area contributed by atoms with Gasteiger partial charge in [-0.05, 0) is 0 Å². The molecule has 0 spiro atoms. The first kappa shape index (κ1) is 18.1. The van der Waals surface area contributed by atoms with Crippen LogP contribution in [0.1, 0.15) is 0 Å². The molecule has 0 aliphatic heterocycles. The zero-order valence-corrected chi connectivity index (χ0v) is 7.25. The Morgan fingerprint density at radius 1 is 0.833 bits per heavy atom. The smallest absolute Gasteiger partial charge is 2.00 e. The van der Waals surface area contributed by atoms with Gasteiger partial charge in [-0.15, -0.1) is 0 Å². The van der Waals surface area contributed by atoms with Crippen LogP contribution in [-0.2, 0) is 22.5 Å². The summed E-state index contributed by atoms with van der Waals surface area (Å²) in [6, 6.07) is 0. The molecule has 1 radical (unpaired) electrons. The molecule has 1 unspecified atom stereocenters. The van der Waals surface area contributed by atoms with Gasteiger partial charge >= 0.3 is 17.1 Å². The normalized spacial score (nSPS) is 16.8. The fraction of sp³-hybridized carbons (Fsp3) is 1.00. The zero-order chi connectivity index (χ0) is 8.15. The van der Waals surface area contributed by atoms with Crippen molar-refractivity contribution in [1.82, 2.24) is 0 Å². The molecule has 0 aromatic rings. The molecule has 0 aliphatic carbocycles. The van der Waals surface area contributed by atoms with E-state index >= 15 is 0 Å². The van der Waals surface area contributed by atoms with E-state index in [1.165, 1.54) is 0 Å². The molecule has 0 amide bonds. The second-order valence-corrected chi connectivity index (χ2v) is 1.99. The third-order valence-corrected chi connectivity index (χ3v) is 1.16. The second kappa shape index (κ2) is 9.37. The van der Waals surface area contributed by atoms with Crippen molar-refractivity contribution in [2.24, 2.45) is 0 Å². The van der Waals surface area contributed by atoms with Crippen molar-refractivity contribution in [1.29, 1.82) is 0 Å². The molecule has 0 aromatic heterocycles. The summed E-state index contributed by atoms with van der Waals surface area (Å²) in [6.45, 7) is -1.28. The Kier molecular flexibility index (Phi) is 14.2. The van der Waals surface area contributed by atoms with Crippen molar-refractivity contribution in [3.63, 3.8) is 0 Å². The average Bonchev–Trinajstić information content (AvgIpc) is 2.00. The topological polar surface area (TPSA) is 130 Å². The maximum atomic E-state index is 8.77. The van der Waals surface area contributed by atoms with E-state index in [0.717, 1.165) is 0 Å². The van der Waals surface area contributed by atoms with Crippen LogP contribution in [0.4, 0.5) is 0 Å². The van der Waals surface area contributed by atoms with Gasteiger partial charge in [-0.2, -0.15) is 0 Å². The van der Waals surface area contributed by atoms with Crippen LogP contribution in [0, 0.1) is 0 Å². The monoisotopic (exact) mass is 224 g/mol. The molecule has 5 N–H and O–H groups in total. The summed E-state index contributed by atoms with van der Waals surface area (Å²) < 4.78 is 0. The second-order valence-electron chi connectivity index (χ2n) is 1.99. The Labute approximate surface area is 80.2 Å². The molecule has 12 heavy (non-hydrogen) atoms. The van der Waals surface area contributed by atoms with Crippen LogP contribution in [0.25, 0.3) is 0 Å². The van der Waals surface area contributed by atoms with E-state index in [1.54, 1.807) is 0 Å². The number of hydrogen-bond acceptors (Lipinski definition) is 5. The third kappa shape index (κ3) is 5.87. The average molecular weight is 224 g/mol. The van der Waals surface area contributed by atoms with Gasteiger partial charge in [-0.3, -0.25) is 0 Å². The molecule has 0 aromatic carbocycles. The molecule has 0 bridgehead atoms. The first-order valence-corrected chi connectivity index (χ1v) is 2.89. The molecular formula is C5H12FeO6+. The summed E-state index contributed by atoms with van der Waals surface area (Å²) in [7, 11) is 0. The SMILES string of the molecule is OC[C@@H](O)C(O)[C@@H](O)CO.[Fe+3].[O-2]. The Morgan fingerprint density at radius 3 is 1.25 bits per heavy atom. The molecule has 0 heterocycles. The summed E-state index contributed by atoms with van der Waals surface area (Å²) in [6.07, 6.45) is -4.29. The van der Waals surface area contributed by atoms with E-state index in [2.05, 4.69) is 0 Å². The largest absolute Gasteiger partial charge is 3.00 e. The Balaban J connectivity index is -0.000000405. The molecule has 0 saturated heterocycles. The van der Waals surface area contributed by atoms with Gasteiger partial charge in [0.25, 0.3) is 0 Å². The minimum absolute atomic E-state index is 0. The van der Waals surface area contributed by atoms with Gasteiger partial charge in [0.05, 0.1) is 13.2 Å². The molecule has 0 rings (SSSR count). The predicted octanol–water partition coefficient (Wildman–Crippen LogP) is -3.07. The molecule has 0 aliphatic rings. The van der Waals surface area contributed by atoms with Crippen molar-refractivity contribution < 1.29 is 48.1 Å². The molecule has 7 heteroatoms. The first-order chi connectivity index (χ1) is 4.63. The summed E-state index contributed by atoms with van der Waals surface area (Å²) >= 11 is 0. The molecule has 3 atom stereocenters. The maximum Gasteiger partial charge on any atom is 3.00 e. The summed E-state index contributed by atoms with van der Waals surface area (Å²) in [4.78, 5) is 0. The van der Waals surface area contributed by atoms with Crippen LogP contribution < -0.4 is 0 Å². The number of aliphatic hydroxyl groups excluding tert-OH is 5. The Hall–Kier alpha value is 0.279. The van der Waals surface area contributed by atoms with Gasteiger partial charge in [0, 0.05) is 0 Å². The van der Waals surface area contributed by atoms with Crippen LogP contribution in [0.3, 0.4) is 0 Å². The van der Waals surface area contributed by atoms with Crippen LogP contribution in [0.15, 0.2) is 0 Å². The molecule has 0 saturated carbocycles. The summed E-state index contributed by atoms with van der Waals surface area (Å²) in [5.41, 5.74) is 0. The predicted molar refractivity (Wildman–Crippen MR) is 32.9 cm³/mol. The minimum Gasteiger partial charge on any atom is -2.00 e. The van der Waals surface area contributed by atoms with Crippen LogP contribution >= 0.6 is 0 Å². The third-order valence-electron chi connectivity index (χ3n) is 1.16. The minimum atomic E-state index is -1.49. The number of rotatable bonds is 4. The van der Waals surface area contributed by atoms with E-state index in [9.17, 15) is 0 Å². The maximum absolute atomic E-state index is 8.77. The molecule has 0 fully saturated rings. The molecular weight excluding hydrogens is 212 g/mol. The van der Waals surface area contributed by atoms with Gasteiger partial charge in [0.2, 0.25) is 0 Å². The summed E-state index contributed by atoms with van der Waals surface area (Å²) in [5.74, 6) is 0. The quantitative estimate of drug-likeness (QED) is 0.323. The van der Waals surface area contributed by atoms with Gasteiger partial charge in [-0.25, -0.2) is 0 Å². The van der Waals surface area contributed by atoms with Crippen molar-refractivity contribution in [3.8, 4) is 0 Å². The van der Waals surface area contributed by atoms with E-state index < -0.39 is 31.5 Å². The molecule has 6 nitrogen and oxygen atoms in total. The summed E-state index contributed by atoms with van der Waals surface area (Å²) in [5, 5.41) is 42.6. The van der Waals surface area contributed by atoms with Crippen LogP contribution in [0.2, 0.25) is 0 Å². The van der Waals surface area contributed by atoms with Gasteiger partial charge < -0.3 is 31.0 Å². The van der Waals surface area contributed by atoms with Crippen molar-refractivity contribution >= 4 is 0 Å². The van der Waals surface area contributed by atoms with Crippen LogP contribution in [0.5, 0.6) is 0 Å². The molecule has 75 valence electrons. The van der Waals surface area contributed by atoms with Crippen LogP contribution in [-0.4, -0.2) is 57.1 Å². The fourth-order valence-electron chi connectivity index (χ4n) is 0.472. The fourth-order valence-corrected chi connectivity index (χ4v) is 0.472. The van der Waals surface area contributed by atoms with E-state index in [-0.39, 0.29) is 22.5 Å². The van der Waals surface area contributed by atoms with Gasteiger partial charge in [-0.1, -0.05) is 0 Å². The Morgan fingerprint density at radius 2 is 1.08 bits per heavy atom. The van der Waals surface area contributed by atoms with Crippen molar-refractivity contribution in [2.45, 2.75) is 18.3 Å². The standard InChI is InChI=1S/C5H12O5.Fe.O/c6-1-3(8)5(10)4(9)2-7;;/h3-10H,1-2H2;;/q;+3;-2/t3-,4+,5?;;. The van der Waals surface area contributed by atoms with Gasteiger partial charge in [0.1, 0.15) is 18.3 Å².